The van der Waals surface area contributed by atoms with Crippen molar-refractivity contribution in [2.24, 2.45) is 0 Å². The molecular formula is C12H15F3O7P2-2. The Kier molecular flexibility index (Phi) is 6.11. The molecule has 0 saturated heterocycles. The fourth-order valence-electron chi connectivity index (χ4n) is 2.25. The number of hydrogen-bond donors (Lipinski definition) is 0. The molecule has 24 heavy (non-hydrogen) atoms. The van der Waals surface area contributed by atoms with Crippen LogP contribution >= 0.6 is 15.4 Å². The summed E-state index contributed by atoms with van der Waals surface area (Å²) in [5, 5.41) is -2.45. The van der Waals surface area contributed by atoms with Gasteiger partial charge in [-0.05, 0) is 37.1 Å². The zero-order valence-electron chi connectivity index (χ0n) is 13.1. The maximum atomic E-state index is 12.8. The standard InChI is InChI=1S/C12H17F3O7P2/c1-8-7-9(12(13,14)15)5-6-10(8)11(2,22-24(17,18)19)23(16,20-3)21-4/h5-7H,1-4H3,(H2,17,18,19)/p-2. The Morgan fingerprint density at radius 3 is 1.92 bits per heavy atom. The maximum absolute atomic E-state index is 12.8. The van der Waals surface area contributed by atoms with Gasteiger partial charge in [-0.1, -0.05) is 6.07 Å². The van der Waals surface area contributed by atoms with Crippen molar-refractivity contribution in [2.45, 2.75) is 25.4 Å². The van der Waals surface area contributed by atoms with Gasteiger partial charge in [0.2, 0.25) is 0 Å². The lowest BCUT2D eigenvalue weighted by molar-refractivity contribution is -0.347. The van der Waals surface area contributed by atoms with Gasteiger partial charge in [0.15, 0.2) is 5.34 Å². The molecule has 0 aliphatic heterocycles. The molecule has 1 atom stereocenters. The van der Waals surface area contributed by atoms with E-state index in [4.69, 9.17) is 9.05 Å². The van der Waals surface area contributed by atoms with Crippen LogP contribution in [0.15, 0.2) is 18.2 Å². The zero-order chi connectivity index (χ0) is 19.0. The molecule has 0 fully saturated rings. The maximum Gasteiger partial charge on any atom is 0.416 e. The van der Waals surface area contributed by atoms with E-state index in [2.05, 4.69) is 4.52 Å². The predicted octanol–water partition coefficient (Wildman–Crippen LogP) is 2.52. The fourth-order valence-corrected chi connectivity index (χ4v) is 4.87. The van der Waals surface area contributed by atoms with Crippen molar-refractivity contribution in [3.63, 3.8) is 0 Å². The summed E-state index contributed by atoms with van der Waals surface area (Å²) in [5.41, 5.74) is -1.38. The third-order valence-corrected chi connectivity index (χ3v) is 6.42. The number of hydrogen-bond acceptors (Lipinski definition) is 7. The predicted molar refractivity (Wildman–Crippen MR) is 73.8 cm³/mol. The highest BCUT2D eigenvalue weighted by Gasteiger charge is 2.51. The lowest BCUT2D eigenvalue weighted by atomic mass is 10.0. The van der Waals surface area contributed by atoms with E-state index >= 15 is 0 Å². The first-order valence-corrected chi connectivity index (χ1v) is 9.33. The van der Waals surface area contributed by atoms with Gasteiger partial charge in [0, 0.05) is 14.2 Å². The monoisotopic (exact) mass is 390 g/mol. The Balaban J connectivity index is 3.63. The Labute approximate surface area is 136 Å². The number of halogens is 3. The Bertz CT molecular complexity index is 692. The van der Waals surface area contributed by atoms with Crippen molar-refractivity contribution >= 4 is 15.4 Å². The minimum absolute atomic E-state index is 0.116. The van der Waals surface area contributed by atoms with Gasteiger partial charge >= 0.3 is 13.8 Å². The molecule has 0 aliphatic rings. The summed E-state index contributed by atoms with van der Waals surface area (Å²) in [6.45, 7) is 2.14. The number of aryl methyl sites for hydroxylation is 1. The number of benzene rings is 1. The molecule has 0 radical (unpaired) electrons. The molecule has 1 aromatic carbocycles. The number of alkyl halides is 3. The van der Waals surface area contributed by atoms with Crippen molar-refractivity contribution in [3.8, 4) is 0 Å². The number of phosphoric ester groups is 1. The van der Waals surface area contributed by atoms with E-state index in [-0.39, 0.29) is 11.1 Å². The van der Waals surface area contributed by atoms with Gasteiger partial charge in [0.1, 0.15) is 0 Å². The van der Waals surface area contributed by atoms with Gasteiger partial charge in [-0.3, -0.25) is 4.57 Å². The third-order valence-electron chi connectivity index (χ3n) is 3.35. The SMILES string of the molecule is COP(=O)(OC)C(C)(OP(=O)([O-])[O-])c1ccc(C(F)(F)F)cc1C. The second-order valence-corrected chi connectivity index (χ2v) is 8.57. The molecular weight excluding hydrogens is 375 g/mol. The molecule has 0 aliphatic carbocycles. The van der Waals surface area contributed by atoms with Gasteiger partial charge in [0.05, 0.1) is 13.4 Å². The molecule has 0 bridgehead atoms. The van der Waals surface area contributed by atoms with Crippen molar-refractivity contribution in [2.75, 3.05) is 14.2 Å². The number of rotatable bonds is 6. The van der Waals surface area contributed by atoms with Crippen LogP contribution in [0.1, 0.15) is 23.6 Å². The van der Waals surface area contributed by atoms with Crippen molar-refractivity contribution in [1.82, 2.24) is 0 Å². The second-order valence-electron chi connectivity index (χ2n) is 4.91. The summed E-state index contributed by atoms with van der Waals surface area (Å²) in [7, 11) is -8.23. The Morgan fingerprint density at radius 2 is 1.58 bits per heavy atom. The van der Waals surface area contributed by atoms with E-state index in [9.17, 15) is 32.1 Å². The van der Waals surface area contributed by atoms with Crippen LogP contribution in [0.2, 0.25) is 0 Å². The largest absolute Gasteiger partial charge is 0.790 e. The van der Waals surface area contributed by atoms with Crippen LogP contribution in [0.25, 0.3) is 0 Å². The molecule has 0 aromatic heterocycles. The van der Waals surface area contributed by atoms with Crippen LogP contribution in [0, 0.1) is 6.92 Å². The van der Waals surface area contributed by atoms with Gasteiger partial charge < -0.3 is 27.9 Å². The first-order chi connectivity index (χ1) is 10.7. The molecule has 0 heterocycles. The minimum Gasteiger partial charge on any atom is -0.790 e. The first-order valence-electron chi connectivity index (χ1n) is 6.33. The minimum atomic E-state index is -5.69. The highest BCUT2D eigenvalue weighted by Crippen LogP contribution is 2.67. The van der Waals surface area contributed by atoms with E-state index in [1.54, 1.807) is 0 Å². The topological polar surface area (TPSA) is 108 Å². The van der Waals surface area contributed by atoms with Crippen LogP contribution in [-0.4, -0.2) is 14.2 Å². The summed E-state index contributed by atoms with van der Waals surface area (Å²) < 4.78 is 75.8. The molecule has 138 valence electrons. The van der Waals surface area contributed by atoms with Crippen LogP contribution < -0.4 is 9.79 Å². The van der Waals surface area contributed by atoms with Gasteiger partial charge in [-0.25, -0.2) is 0 Å². The van der Waals surface area contributed by atoms with Crippen molar-refractivity contribution in [1.29, 1.82) is 0 Å². The molecule has 0 spiro atoms. The summed E-state index contributed by atoms with van der Waals surface area (Å²) in [5.74, 6) is 0. The average Bonchev–Trinajstić information content (AvgIpc) is 2.43. The van der Waals surface area contributed by atoms with Crippen LogP contribution in [0.3, 0.4) is 0 Å². The molecule has 7 nitrogen and oxygen atoms in total. The lowest BCUT2D eigenvalue weighted by Gasteiger charge is -2.42. The molecule has 1 rings (SSSR count). The quantitative estimate of drug-likeness (QED) is 0.687. The molecule has 12 heteroatoms. The zero-order valence-corrected chi connectivity index (χ0v) is 14.9. The Hall–Kier alpha value is -0.730. The van der Waals surface area contributed by atoms with Gasteiger partial charge in [-0.15, -0.1) is 0 Å². The van der Waals surface area contributed by atoms with E-state index in [0.29, 0.717) is 12.1 Å². The van der Waals surface area contributed by atoms with E-state index < -0.39 is 32.5 Å². The summed E-state index contributed by atoms with van der Waals surface area (Å²) in [4.78, 5) is 22.1. The summed E-state index contributed by atoms with van der Waals surface area (Å²) in [6, 6.07) is 2.20. The highest BCUT2D eigenvalue weighted by molar-refractivity contribution is 7.55. The van der Waals surface area contributed by atoms with Crippen LogP contribution in [0.5, 0.6) is 0 Å². The average molecular weight is 390 g/mol. The molecule has 0 amide bonds. The number of phosphoric acid groups is 1. The third kappa shape index (κ3) is 4.26. The second kappa shape index (κ2) is 6.88. The van der Waals surface area contributed by atoms with Gasteiger partial charge in [0.25, 0.3) is 0 Å². The van der Waals surface area contributed by atoms with E-state index in [1.165, 1.54) is 6.92 Å². The van der Waals surface area contributed by atoms with Gasteiger partial charge in [-0.2, -0.15) is 13.2 Å². The van der Waals surface area contributed by atoms with Crippen LogP contribution in [0.4, 0.5) is 13.2 Å². The Morgan fingerprint density at radius 1 is 1.08 bits per heavy atom. The molecule has 0 N–H and O–H groups in total. The lowest BCUT2D eigenvalue weighted by Crippen LogP contribution is -2.32. The highest BCUT2D eigenvalue weighted by atomic mass is 31.2. The molecule has 0 saturated carbocycles. The molecule has 1 unspecified atom stereocenters. The molecule has 1 aromatic rings. The van der Waals surface area contributed by atoms with E-state index in [0.717, 1.165) is 27.2 Å². The summed E-state index contributed by atoms with van der Waals surface area (Å²) in [6.07, 6.45) is -4.64. The summed E-state index contributed by atoms with van der Waals surface area (Å²) >= 11 is 0. The van der Waals surface area contributed by atoms with Crippen LogP contribution in [-0.2, 0) is 34.2 Å². The fraction of sp³-hybridized carbons (Fsp3) is 0.500. The normalized spacial score (nSPS) is 16.0. The smallest absolute Gasteiger partial charge is 0.416 e. The van der Waals surface area contributed by atoms with E-state index in [1.807, 2.05) is 0 Å². The van der Waals surface area contributed by atoms with Crippen molar-refractivity contribution < 1.29 is 45.7 Å². The first kappa shape index (κ1) is 21.3. The van der Waals surface area contributed by atoms with Crippen molar-refractivity contribution in [3.05, 3.63) is 34.9 Å².